The van der Waals surface area contributed by atoms with Gasteiger partial charge < -0.3 is 10.2 Å². The number of carbonyl (C=O) groups is 2. The number of benzene rings is 3. The minimum Gasteiger partial charge on any atom is -0.357 e. The Morgan fingerprint density at radius 3 is 2.20 bits per heavy atom. The van der Waals surface area contributed by atoms with E-state index >= 15 is 0 Å². The molecule has 7 nitrogen and oxygen atoms in total. The van der Waals surface area contributed by atoms with Gasteiger partial charge >= 0.3 is 0 Å². The van der Waals surface area contributed by atoms with Gasteiger partial charge in [-0.2, -0.15) is 0 Å². The van der Waals surface area contributed by atoms with Crippen molar-refractivity contribution in [2.24, 2.45) is 0 Å². The molecule has 0 radical (unpaired) electrons. The Kier molecular flexibility index (Phi) is 11.0. The first-order valence-corrected chi connectivity index (χ1v) is 15.6. The van der Waals surface area contributed by atoms with Crippen LogP contribution in [0.4, 0.5) is 5.69 Å². The lowest BCUT2D eigenvalue weighted by molar-refractivity contribution is -0.141. The Balaban J connectivity index is 1.91. The number of nitrogens with one attached hydrogen (secondary N) is 1. The molecule has 0 heterocycles. The maximum atomic E-state index is 13.8. The maximum absolute atomic E-state index is 13.8. The molecule has 0 bridgehead atoms. The van der Waals surface area contributed by atoms with E-state index in [9.17, 15) is 18.0 Å². The second-order valence-electron chi connectivity index (χ2n) is 9.77. The van der Waals surface area contributed by atoms with Gasteiger partial charge in [0.1, 0.15) is 6.04 Å². The Hall–Kier alpha value is -3.07. The zero-order valence-corrected chi connectivity index (χ0v) is 25.5. The highest BCUT2D eigenvalue weighted by molar-refractivity contribution is 7.92. The van der Waals surface area contributed by atoms with E-state index in [1.165, 1.54) is 16.3 Å². The van der Waals surface area contributed by atoms with Crippen molar-refractivity contribution in [3.63, 3.8) is 0 Å². The summed E-state index contributed by atoms with van der Waals surface area (Å²) in [7, 11) is -2.07. The third-order valence-corrected chi connectivity index (χ3v) is 8.58. The topological polar surface area (TPSA) is 86.8 Å². The van der Waals surface area contributed by atoms with E-state index in [0.717, 1.165) is 22.9 Å². The van der Waals surface area contributed by atoms with Crippen LogP contribution in [0.2, 0.25) is 10.0 Å². The molecule has 0 saturated heterocycles. The summed E-state index contributed by atoms with van der Waals surface area (Å²) in [5.41, 5.74) is 3.76. The lowest BCUT2D eigenvalue weighted by Gasteiger charge is -2.32. The van der Waals surface area contributed by atoms with E-state index in [1.54, 1.807) is 18.2 Å². The molecule has 0 fully saturated rings. The lowest BCUT2D eigenvalue weighted by atomic mass is 10.0. The fourth-order valence-electron chi connectivity index (χ4n) is 4.54. The van der Waals surface area contributed by atoms with Gasteiger partial charge in [-0.3, -0.25) is 13.9 Å². The maximum Gasteiger partial charge on any atom is 0.242 e. The van der Waals surface area contributed by atoms with Crippen LogP contribution >= 0.6 is 23.2 Å². The number of anilines is 1. The number of carbonyl (C=O) groups excluding carboxylic acids is 2. The van der Waals surface area contributed by atoms with Crippen LogP contribution in [-0.2, 0) is 32.6 Å². The molecule has 3 rings (SSSR count). The average Bonchev–Trinajstić information content (AvgIpc) is 2.91. The summed E-state index contributed by atoms with van der Waals surface area (Å²) in [5.74, 6) is -0.636. The highest BCUT2D eigenvalue weighted by Gasteiger charge is 2.31. The number of rotatable bonds is 12. The predicted octanol–water partition coefficient (Wildman–Crippen LogP) is 5.54. The Bertz CT molecular complexity index is 1430. The second-order valence-corrected chi connectivity index (χ2v) is 12.5. The number of amides is 2. The quantitative estimate of drug-likeness (QED) is 0.294. The van der Waals surface area contributed by atoms with Crippen LogP contribution < -0.4 is 9.62 Å². The minimum atomic E-state index is -3.60. The van der Waals surface area contributed by atoms with Crippen molar-refractivity contribution >= 4 is 50.7 Å². The average molecular weight is 605 g/mol. The van der Waals surface area contributed by atoms with E-state index < -0.39 is 16.1 Å². The number of sulfonamides is 1. The van der Waals surface area contributed by atoms with Crippen molar-refractivity contribution in [3.8, 4) is 0 Å². The summed E-state index contributed by atoms with van der Waals surface area (Å²) in [6, 6.07) is 19.3. The number of aryl methyl sites for hydroxylation is 2. The molecule has 2 amide bonds. The molecular formula is C30H35Cl2N3O4S. The summed E-state index contributed by atoms with van der Waals surface area (Å²) < 4.78 is 26.7. The van der Waals surface area contributed by atoms with E-state index in [-0.39, 0.29) is 44.2 Å². The number of hydrogen-bond donors (Lipinski definition) is 1. The van der Waals surface area contributed by atoms with E-state index in [4.69, 9.17) is 23.2 Å². The predicted molar refractivity (Wildman–Crippen MR) is 162 cm³/mol. The van der Waals surface area contributed by atoms with Gasteiger partial charge in [0.15, 0.2) is 0 Å². The number of nitrogens with zero attached hydrogens (tertiary/aromatic N) is 2. The first-order valence-electron chi connectivity index (χ1n) is 12.9. The molecule has 0 aliphatic rings. The van der Waals surface area contributed by atoms with Gasteiger partial charge in [0, 0.05) is 48.6 Å². The molecule has 214 valence electrons. The molecule has 0 aromatic heterocycles. The van der Waals surface area contributed by atoms with Gasteiger partial charge in [0.2, 0.25) is 21.8 Å². The molecule has 3 aromatic carbocycles. The number of likely N-dealkylation sites (N-methyl/N-ethyl adjacent to an activating group) is 1. The van der Waals surface area contributed by atoms with Crippen molar-refractivity contribution in [2.75, 3.05) is 24.2 Å². The standard InChI is InChI=1S/C30H35Cl2N3O4S/c1-21-15-16-22(2)27(18-21)35(40(4,38)39)17-9-14-29(36)34(20-24-25(31)12-8-13-26(24)32)28(30(37)33-3)19-23-10-6-5-7-11-23/h5-8,10-13,15-16,18,28H,9,14,17,19-20H2,1-4H3,(H,33,37)/t28-/m1/s1. The highest BCUT2D eigenvalue weighted by Crippen LogP contribution is 2.28. The molecule has 0 spiro atoms. The lowest BCUT2D eigenvalue weighted by Crippen LogP contribution is -2.50. The van der Waals surface area contributed by atoms with Gasteiger partial charge in [-0.25, -0.2) is 8.42 Å². The van der Waals surface area contributed by atoms with Gasteiger partial charge in [-0.15, -0.1) is 0 Å². The first kappa shape index (κ1) is 31.5. The Morgan fingerprint density at radius 1 is 0.950 bits per heavy atom. The van der Waals surface area contributed by atoms with Crippen LogP contribution in [-0.4, -0.2) is 51.0 Å². The van der Waals surface area contributed by atoms with Crippen molar-refractivity contribution < 1.29 is 18.0 Å². The second kappa shape index (κ2) is 14.0. The van der Waals surface area contributed by atoms with Crippen molar-refractivity contribution in [2.45, 2.75) is 45.7 Å². The Labute approximate surface area is 247 Å². The normalized spacial score (nSPS) is 12.1. The molecule has 0 saturated carbocycles. The van der Waals surface area contributed by atoms with Gasteiger partial charge in [0.05, 0.1) is 11.9 Å². The summed E-state index contributed by atoms with van der Waals surface area (Å²) in [5, 5.41) is 3.45. The number of halogens is 2. The number of hydrogen-bond acceptors (Lipinski definition) is 4. The SMILES string of the molecule is CNC(=O)[C@@H](Cc1ccccc1)N(Cc1c(Cl)cccc1Cl)C(=O)CCCN(c1cc(C)ccc1C)S(C)(=O)=O. The zero-order chi connectivity index (χ0) is 29.4. The van der Waals surface area contributed by atoms with E-state index in [2.05, 4.69) is 5.32 Å². The summed E-state index contributed by atoms with van der Waals surface area (Å²) in [6.07, 6.45) is 1.70. The van der Waals surface area contributed by atoms with Crippen LogP contribution in [0.3, 0.4) is 0 Å². The largest absolute Gasteiger partial charge is 0.357 e. The molecule has 1 N–H and O–H groups in total. The Morgan fingerprint density at radius 2 is 1.60 bits per heavy atom. The molecule has 0 aliphatic heterocycles. The van der Waals surface area contributed by atoms with Crippen LogP contribution in [0.15, 0.2) is 66.7 Å². The molecule has 1 atom stereocenters. The minimum absolute atomic E-state index is 0.0151. The van der Waals surface area contributed by atoms with Gasteiger partial charge in [-0.1, -0.05) is 71.7 Å². The van der Waals surface area contributed by atoms with Crippen molar-refractivity contribution in [3.05, 3.63) is 99.0 Å². The molecule has 10 heteroatoms. The van der Waals surface area contributed by atoms with E-state index in [1.807, 2.05) is 62.4 Å². The summed E-state index contributed by atoms with van der Waals surface area (Å²) in [6.45, 7) is 3.88. The summed E-state index contributed by atoms with van der Waals surface area (Å²) in [4.78, 5) is 28.4. The smallest absolute Gasteiger partial charge is 0.242 e. The monoisotopic (exact) mass is 603 g/mol. The molecule has 0 unspecified atom stereocenters. The molecule has 3 aromatic rings. The highest BCUT2D eigenvalue weighted by atomic mass is 35.5. The fourth-order valence-corrected chi connectivity index (χ4v) is 6.08. The van der Waals surface area contributed by atoms with E-state index in [0.29, 0.717) is 21.3 Å². The van der Waals surface area contributed by atoms with Crippen LogP contribution in [0, 0.1) is 13.8 Å². The molecule has 40 heavy (non-hydrogen) atoms. The van der Waals surface area contributed by atoms with Crippen molar-refractivity contribution in [1.29, 1.82) is 0 Å². The third-order valence-electron chi connectivity index (χ3n) is 6.69. The zero-order valence-electron chi connectivity index (χ0n) is 23.2. The van der Waals surface area contributed by atoms with Gasteiger partial charge in [0.25, 0.3) is 0 Å². The first-order chi connectivity index (χ1) is 18.9. The molecule has 0 aliphatic carbocycles. The van der Waals surface area contributed by atoms with Gasteiger partial charge in [-0.05, 0) is 55.2 Å². The van der Waals surface area contributed by atoms with Crippen LogP contribution in [0.5, 0.6) is 0 Å². The van der Waals surface area contributed by atoms with Crippen molar-refractivity contribution in [1.82, 2.24) is 10.2 Å². The third kappa shape index (κ3) is 8.22. The van der Waals surface area contributed by atoms with Crippen LogP contribution in [0.1, 0.15) is 35.1 Å². The fraction of sp³-hybridized carbons (Fsp3) is 0.333. The molecular weight excluding hydrogens is 569 g/mol. The van der Waals surface area contributed by atoms with Crippen LogP contribution in [0.25, 0.3) is 0 Å². The summed E-state index contributed by atoms with van der Waals surface area (Å²) >= 11 is 12.9.